The fraction of sp³-hybridized carbons (Fsp3) is 0.176. The SMILES string of the molecule is CN(C)c1ccc(C=C2/C=C/C=C\S/C=C\C2)cc1. The second kappa shape index (κ2) is 7.05. The van der Waals surface area contributed by atoms with Crippen LogP contribution in [-0.4, -0.2) is 14.1 Å². The van der Waals surface area contributed by atoms with Crippen LogP contribution >= 0.6 is 11.8 Å². The summed E-state index contributed by atoms with van der Waals surface area (Å²) in [5.41, 5.74) is 3.79. The fourth-order valence-electron chi connectivity index (χ4n) is 1.81. The van der Waals surface area contributed by atoms with Gasteiger partial charge in [-0.3, -0.25) is 0 Å². The lowest BCUT2D eigenvalue weighted by atomic mass is 10.1. The summed E-state index contributed by atoms with van der Waals surface area (Å²) < 4.78 is 0. The summed E-state index contributed by atoms with van der Waals surface area (Å²) in [6.07, 6.45) is 11.8. The van der Waals surface area contributed by atoms with Crippen LogP contribution in [0.1, 0.15) is 12.0 Å². The van der Waals surface area contributed by atoms with Gasteiger partial charge in [0.05, 0.1) is 0 Å². The van der Waals surface area contributed by atoms with E-state index in [1.165, 1.54) is 16.8 Å². The minimum absolute atomic E-state index is 0.973. The Bertz CT molecular complexity index is 519. The van der Waals surface area contributed by atoms with Crippen LogP contribution in [0.2, 0.25) is 0 Å². The number of hydrogen-bond acceptors (Lipinski definition) is 2. The van der Waals surface area contributed by atoms with Crippen molar-refractivity contribution in [3.8, 4) is 0 Å². The van der Waals surface area contributed by atoms with Crippen LogP contribution in [0.5, 0.6) is 0 Å². The second-order valence-electron chi connectivity index (χ2n) is 4.60. The zero-order valence-corrected chi connectivity index (χ0v) is 12.2. The van der Waals surface area contributed by atoms with Gasteiger partial charge in [0.15, 0.2) is 0 Å². The molecule has 0 bridgehead atoms. The first-order chi connectivity index (χ1) is 9.25. The molecule has 1 aromatic rings. The standard InChI is InChI=1S/C17H19NS/c1-18(2)17-10-8-16(9-11-17)14-15-6-3-4-12-19-13-5-7-15/h3-6,8-14H,7H2,1-2H3/b6-3+,12-4-,13-5-,15-14?. The Kier molecular flexibility index (Phi) is 5.10. The summed E-state index contributed by atoms with van der Waals surface area (Å²) in [7, 11) is 4.12. The summed E-state index contributed by atoms with van der Waals surface area (Å²) in [6, 6.07) is 8.63. The molecule has 0 unspecified atom stereocenters. The van der Waals surface area contributed by atoms with Gasteiger partial charge < -0.3 is 4.90 Å². The molecule has 19 heavy (non-hydrogen) atoms. The number of thioether (sulfide) groups is 1. The summed E-state index contributed by atoms with van der Waals surface area (Å²) in [5, 5.41) is 4.22. The molecule has 0 atom stereocenters. The first-order valence-electron chi connectivity index (χ1n) is 6.37. The molecular formula is C17H19NS. The van der Waals surface area contributed by atoms with E-state index in [2.05, 4.69) is 84.5 Å². The molecular weight excluding hydrogens is 250 g/mol. The molecule has 0 N–H and O–H groups in total. The number of anilines is 1. The van der Waals surface area contributed by atoms with Crippen LogP contribution in [0.4, 0.5) is 5.69 Å². The predicted molar refractivity (Wildman–Crippen MR) is 88.4 cm³/mol. The highest BCUT2D eigenvalue weighted by Gasteiger charge is 1.96. The third-order valence-corrected chi connectivity index (χ3v) is 3.53. The van der Waals surface area contributed by atoms with Gasteiger partial charge in [-0.15, -0.1) is 11.8 Å². The topological polar surface area (TPSA) is 3.24 Å². The second-order valence-corrected chi connectivity index (χ2v) is 5.42. The highest BCUT2D eigenvalue weighted by Crippen LogP contribution is 2.18. The zero-order valence-electron chi connectivity index (χ0n) is 11.4. The Labute approximate surface area is 120 Å². The highest BCUT2D eigenvalue weighted by molar-refractivity contribution is 8.04. The number of nitrogens with zero attached hydrogens (tertiary/aromatic N) is 1. The van der Waals surface area contributed by atoms with Gasteiger partial charge >= 0.3 is 0 Å². The van der Waals surface area contributed by atoms with E-state index in [-0.39, 0.29) is 0 Å². The minimum Gasteiger partial charge on any atom is -0.378 e. The van der Waals surface area contributed by atoms with Gasteiger partial charge in [-0.1, -0.05) is 42.5 Å². The number of hydrogen-bond donors (Lipinski definition) is 0. The van der Waals surface area contributed by atoms with E-state index in [4.69, 9.17) is 0 Å². The molecule has 0 spiro atoms. The van der Waals surface area contributed by atoms with E-state index in [0.29, 0.717) is 0 Å². The molecule has 2 heteroatoms. The molecule has 0 saturated heterocycles. The molecule has 0 fully saturated rings. The van der Waals surface area contributed by atoms with E-state index >= 15 is 0 Å². The third kappa shape index (κ3) is 4.49. The summed E-state index contributed by atoms with van der Waals surface area (Å²) in [4.78, 5) is 2.11. The molecule has 0 aliphatic carbocycles. The largest absolute Gasteiger partial charge is 0.378 e. The van der Waals surface area contributed by atoms with E-state index in [0.717, 1.165) is 6.42 Å². The molecule has 1 heterocycles. The highest BCUT2D eigenvalue weighted by atomic mass is 32.2. The van der Waals surface area contributed by atoms with E-state index in [1.54, 1.807) is 11.8 Å². The Balaban J connectivity index is 2.18. The molecule has 1 aliphatic rings. The van der Waals surface area contributed by atoms with Crippen LogP contribution in [0.3, 0.4) is 0 Å². The number of allylic oxidation sites excluding steroid dienone is 5. The van der Waals surface area contributed by atoms with Crippen molar-refractivity contribution < 1.29 is 0 Å². The van der Waals surface area contributed by atoms with Crippen molar-refractivity contribution in [3.63, 3.8) is 0 Å². The van der Waals surface area contributed by atoms with Crippen LogP contribution in [0.25, 0.3) is 6.08 Å². The molecule has 1 aliphatic heterocycles. The minimum atomic E-state index is 0.973. The van der Waals surface area contributed by atoms with Crippen LogP contribution in [0, 0.1) is 0 Å². The van der Waals surface area contributed by atoms with E-state index in [1.807, 2.05) is 0 Å². The van der Waals surface area contributed by atoms with Crippen molar-refractivity contribution in [1.29, 1.82) is 0 Å². The average Bonchev–Trinajstić information content (AvgIpc) is 2.53. The molecule has 0 amide bonds. The summed E-state index contributed by atoms with van der Waals surface area (Å²) in [5.74, 6) is 0. The smallest absolute Gasteiger partial charge is 0.0361 e. The lowest BCUT2D eigenvalue weighted by molar-refractivity contribution is 1.13. The number of rotatable bonds is 2. The quantitative estimate of drug-likeness (QED) is 0.754. The summed E-state index contributed by atoms with van der Waals surface area (Å²) in [6.45, 7) is 0. The predicted octanol–water partition coefficient (Wildman–Crippen LogP) is 4.86. The normalized spacial score (nSPS) is 22.1. The molecule has 0 radical (unpaired) electrons. The molecule has 2 rings (SSSR count). The van der Waals surface area contributed by atoms with Gasteiger partial charge in [-0.05, 0) is 40.5 Å². The van der Waals surface area contributed by atoms with Crippen LogP contribution in [-0.2, 0) is 0 Å². The Morgan fingerprint density at radius 3 is 2.58 bits per heavy atom. The van der Waals surface area contributed by atoms with Gasteiger partial charge in [-0.2, -0.15) is 0 Å². The molecule has 0 saturated carbocycles. The van der Waals surface area contributed by atoms with Crippen molar-refractivity contribution in [2.75, 3.05) is 19.0 Å². The maximum atomic E-state index is 2.24. The van der Waals surface area contributed by atoms with Crippen molar-refractivity contribution >= 4 is 23.5 Å². The molecule has 0 aromatic heterocycles. The Hall–Kier alpha value is -1.67. The number of benzene rings is 1. The molecule has 1 aromatic carbocycles. The first-order valence-corrected chi connectivity index (χ1v) is 7.31. The monoisotopic (exact) mass is 269 g/mol. The van der Waals surface area contributed by atoms with Crippen molar-refractivity contribution in [1.82, 2.24) is 0 Å². The van der Waals surface area contributed by atoms with E-state index in [9.17, 15) is 0 Å². The molecule has 1 nitrogen and oxygen atoms in total. The van der Waals surface area contributed by atoms with Crippen LogP contribution in [0.15, 0.2) is 65.0 Å². The molecule has 98 valence electrons. The van der Waals surface area contributed by atoms with Crippen molar-refractivity contribution in [2.45, 2.75) is 6.42 Å². The lowest BCUT2D eigenvalue weighted by Gasteiger charge is -2.12. The zero-order chi connectivity index (χ0) is 13.5. The lowest BCUT2D eigenvalue weighted by Crippen LogP contribution is -2.07. The van der Waals surface area contributed by atoms with Gasteiger partial charge in [0.1, 0.15) is 0 Å². The average molecular weight is 269 g/mol. The Morgan fingerprint density at radius 2 is 1.84 bits per heavy atom. The van der Waals surface area contributed by atoms with Crippen LogP contribution < -0.4 is 4.90 Å². The van der Waals surface area contributed by atoms with Gasteiger partial charge in [0, 0.05) is 19.8 Å². The maximum Gasteiger partial charge on any atom is 0.0361 e. The Morgan fingerprint density at radius 1 is 1.05 bits per heavy atom. The van der Waals surface area contributed by atoms with E-state index < -0.39 is 0 Å². The van der Waals surface area contributed by atoms with Gasteiger partial charge in [-0.25, -0.2) is 0 Å². The van der Waals surface area contributed by atoms with Crippen molar-refractivity contribution in [2.24, 2.45) is 0 Å². The third-order valence-electron chi connectivity index (χ3n) is 2.87. The first kappa shape index (κ1) is 13.8. The van der Waals surface area contributed by atoms with Crippen molar-refractivity contribution in [3.05, 3.63) is 70.5 Å². The van der Waals surface area contributed by atoms with Gasteiger partial charge in [0.25, 0.3) is 0 Å². The fourth-order valence-corrected chi connectivity index (χ4v) is 2.29. The summed E-state index contributed by atoms with van der Waals surface area (Å²) >= 11 is 1.71. The maximum absolute atomic E-state index is 2.24. The van der Waals surface area contributed by atoms with Gasteiger partial charge in [0.2, 0.25) is 0 Å².